The lowest BCUT2D eigenvalue weighted by atomic mass is 10.1. The number of carbonyl (C=O) groups is 2. The number of carboxylic acid groups (broad SMARTS) is 1. The molecule has 0 bridgehead atoms. The van der Waals surface area contributed by atoms with E-state index in [-0.39, 0.29) is 17.8 Å². The van der Waals surface area contributed by atoms with E-state index in [0.717, 1.165) is 0 Å². The first-order chi connectivity index (χ1) is 8.90. The Morgan fingerprint density at radius 2 is 2.11 bits per heavy atom. The second kappa shape index (κ2) is 6.77. The van der Waals surface area contributed by atoms with Crippen LogP contribution in [0.1, 0.15) is 31.3 Å². The molecule has 3 N–H and O–H groups in total. The average Bonchev–Trinajstić information content (AvgIpc) is 2.77. The minimum Gasteiger partial charge on any atom is -0.476 e. The standard InChI is InChI=1S/C12H20N4O3/c1-8(2)9(3)15-12(19)13-4-5-16-6-10(11(17)18)14-7-16/h6-9H,4-5H2,1-3H3,(H,17,18)(H2,13,15,19). The van der Waals surface area contributed by atoms with Crippen molar-refractivity contribution in [2.24, 2.45) is 5.92 Å². The predicted molar refractivity (Wildman–Crippen MR) is 70.0 cm³/mol. The summed E-state index contributed by atoms with van der Waals surface area (Å²) < 4.78 is 1.62. The number of hydrogen-bond acceptors (Lipinski definition) is 3. The van der Waals surface area contributed by atoms with Gasteiger partial charge in [0, 0.05) is 25.3 Å². The molecule has 1 aromatic heterocycles. The van der Waals surface area contributed by atoms with Gasteiger partial charge >= 0.3 is 12.0 Å². The van der Waals surface area contributed by atoms with E-state index in [0.29, 0.717) is 19.0 Å². The van der Waals surface area contributed by atoms with E-state index in [1.807, 2.05) is 20.8 Å². The number of carboxylic acids is 1. The molecule has 2 amide bonds. The zero-order chi connectivity index (χ0) is 14.4. The van der Waals surface area contributed by atoms with E-state index in [4.69, 9.17) is 5.11 Å². The van der Waals surface area contributed by atoms with Crippen LogP contribution in [-0.2, 0) is 6.54 Å². The third-order valence-corrected chi connectivity index (χ3v) is 2.87. The molecule has 0 spiro atoms. The molecule has 0 aromatic carbocycles. The lowest BCUT2D eigenvalue weighted by molar-refractivity contribution is 0.0691. The van der Waals surface area contributed by atoms with Gasteiger partial charge in [-0.05, 0) is 12.8 Å². The maximum atomic E-state index is 11.5. The topological polar surface area (TPSA) is 96.3 Å². The van der Waals surface area contributed by atoms with E-state index in [1.165, 1.54) is 12.5 Å². The quantitative estimate of drug-likeness (QED) is 0.715. The second-order valence-electron chi connectivity index (χ2n) is 4.73. The lowest BCUT2D eigenvalue weighted by Gasteiger charge is -2.17. The molecule has 0 fully saturated rings. The number of hydrogen-bond donors (Lipinski definition) is 3. The van der Waals surface area contributed by atoms with Crippen LogP contribution >= 0.6 is 0 Å². The number of aromatic nitrogens is 2. The molecule has 0 aliphatic heterocycles. The highest BCUT2D eigenvalue weighted by Gasteiger charge is 2.10. The predicted octanol–water partition coefficient (Wildman–Crippen LogP) is 0.925. The Morgan fingerprint density at radius 1 is 1.42 bits per heavy atom. The van der Waals surface area contributed by atoms with Crippen molar-refractivity contribution in [3.8, 4) is 0 Å². The Labute approximate surface area is 112 Å². The van der Waals surface area contributed by atoms with Gasteiger partial charge in [0.2, 0.25) is 0 Å². The van der Waals surface area contributed by atoms with E-state index in [2.05, 4.69) is 15.6 Å². The Bertz CT molecular complexity index is 442. The highest BCUT2D eigenvalue weighted by Crippen LogP contribution is 1.99. The second-order valence-corrected chi connectivity index (χ2v) is 4.73. The first-order valence-electron chi connectivity index (χ1n) is 6.19. The molecule has 0 aliphatic rings. The summed E-state index contributed by atoms with van der Waals surface area (Å²) >= 11 is 0. The summed E-state index contributed by atoms with van der Waals surface area (Å²) in [6.07, 6.45) is 2.86. The third-order valence-electron chi connectivity index (χ3n) is 2.87. The van der Waals surface area contributed by atoms with Crippen molar-refractivity contribution >= 4 is 12.0 Å². The monoisotopic (exact) mass is 268 g/mol. The fourth-order valence-corrected chi connectivity index (χ4v) is 1.32. The normalized spacial score (nSPS) is 12.2. The molecule has 0 aliphatic carbocycles. The maximum absolute atomic E-state index is 11.5. The highest BCUT2D eigenvalue weighted by atomic mass is 16.4. The Kier molecular flexibility index (Phi) is 5.35. The highest BCUT2D eigenvalue weighted by molar-refractivity contribution is 5.84. The zero-order valence-electron chi connectivity index (χ0n) is 11.4. The summed E-state index contributed by atoms with van der Waals surface area (Å²) in [5.41, 5.74) is -0.00196. The van der Waals surface area contributed by atoms with Crippen molar-refractivity contribution in [2.45, 2.75) is 33.4 Å². The van der Waals surface area contributed by atoms with Crippen LogP contribution in [0.3, 0.4) is 0 Å². The molecule has 0 radical (unpaired) electrons. The zero-order valence-corrected chi connectivity index (χ0v) is 11.4. The van der Waals surface area contributed by atoms with Crippen molar-refractivity contribution in [1.29, 1.82) is 0 Å². The van der Waals surface area contributed by atoms with Gasteiger partial charge in [-0.15, -0.1) is 0 Å². The Balaban J connectivity index is 2.29. The first kappa shape index (κ1) is 15.0. The van der Waals surface area contributed by atoms with Crippen LogP contribution < -0.4 is 10.6 Å². The minimum absolute atomic E-state index is 0.00196. The van der Waals surface area contributed by atoms with E-state index in [9.17, 15) is 9.59 Å². The molecule has 106 valence electrons. The Morgan fingerprint density at radius 3 is 2.63 bits per heavy atom. The SMILES string of the molecule is CC(C)C(C)NC(=O)NCCn1cnc(C(=O)O)c1. The molecule has 1 aromatic rings. The number of rotatable bonds is 6. The van der Waals surface area contributed by atoms with Crippen molar-refractivity contribution in [1.82, 2.24) is 20.2 Å². The molecular formula is C12H20N4O3. The number of imidazole rings is 1. The smallest absolute Gasteiger partial charge is 0.356 e. The van der Waals surface area contributed by atoms with Crippen molar-refractivity contribution in [3.05, 3.63) is 18.2 Å². The summed E-state index contributed by atoms with van der Waals surface area (Å²) in [6.45, 7) is 6.89. The molecular weight excluding hydrogens is 248 g/mol. The first-order valence-corrected chi connectivity index (χ1v) is 6.19. The van der Waals surface area contributed by atoms with Crippen LogP contribution in [0.4, 0.5) is 4.79 Å². The number of amides is 2. The lowest BCUT2D eigenvalue weighted by Crippen LogP contribution is -2.43. The van der Waals surface area contributed by atoms with E-state index < -0.39 is 5.97 Å². The van der Waals surface area contributed by atoms with E-state index >= 15 is 0 Å². The summed E-state index contributed by atoms with van der Waals surface area (Å²) in [5.74, 6) is -0.687. The molecule has 19 heavy (non-hydrogen) atoms. The van der Waals surface area contributed by atoms with Crippen LogP contribution in [0.5, 0.6) is 0 Å². The van der Waals surface area contributed by atoms with Gasteiger partial charge < -0.3 is 20.3 Å². The molecule has 1 atom stereocenters. The molecule has 1 unspecified atom stereocenters. The van der Waals surface area contributed by atoms with Crippen molar-refractivity contribution in [3.63, 3.8) is 0 Å². The van der Waals surface area contributed by atoms with Gasteiger partial charge in [-0.25, -0.2) is 14.6 Å². The summed E-state index contributed by atoms with van der Waals surface area (Å²) in [7, 11) is 0. The van der Waals surface area contributed by atoms with Gasteiger partial charge in [-0.1, -0.05) is 13.8 Å². The maximum Gasteiger partial charge on any atom is 0.356 e. The van der Waals surface area contributed by atoms with Crippen LogP contribution in [0.25, 0.3) is 0 Å². The van der Waals surface area contributed by atoms with Gasteiger partial charge in [0.25, 0.3) is 0 Å². The van der Waals surface area contributed by atoms with Crippen molar-refractivity contribution < 1.29 is 14.7 Å². The molecule has 0 saturated heterocycles. The number of carbonyl (C=O) groups excluding carboxylic acids is 1. The van der Waals surface area contributed by atoms with Crippen LogP contribution in [0, 0.1) is 5.92 Å². The summed E-state index contributed by atoms with van der Waals surface area (Å²) in [6, 6.07) is -0.119. The van der Waals surface area contributed by atoms with Crippen LogP contribution in [0.15, 0.2) is 12.5 Å². The molecule has 7 nitrogen and oxygen atoms in total. The van der Waals surface area contributed by atoms with Gasteiger partial charge in [-0.3, -0.25) is 0 Å². The summed E-state index contributed by atoms with van der Waals surface area (Å²) in [4.78, 5) is 25.9. The molecule has 7 heteroatoms. The molecule has 1 rings (SSSR count). The third kappa shape index (κ3) is 4.99. The van der Waals surface area contributed by atoms with Gasteiger partial charge in [-0.2, -0.15) is 0 Å². The summed E-state index contributed by atoms with van der Waals surface area (Å²) in [5, 5.41) is 14.2. The average molecular weight is 268 g/mol. The number of nitrogens with zero attached hydrogens (tertiary/aromatic N) is 2. The van der Waals surface area contributed by atoms with Crippen molar-refractivity contribution in [2.75, 3.05) is 6.54 Å². The molecule has 1 heterocycles. The number of aromatic carboxylic acids is 1. The van der Waals surface area contributed by atoms with E-state index in [1.54, 1.807) is 4.57 Å². The minimum atomic E-state index is -1.06. The number of urea groups is 1. The van der Waals surface area contributed by atoms with Crippen LogP contribution in [-0.4, -0.2) is 39.2 Å². The fraction of sp³-hybridized carbons (Fsp3) is 0.583. The van der Waals surface area contributed by atoms with Gasteiger partial charge in [0.1, 0.15) is 0 Å². The molecule has 0 saturated carbocycles. The van der Waals surface area contributed by atoms with Crippen LogP contribution in [0.2, 0.25) is 0 Å². The largest absolute Gasteiger partial charge is 0.476 e. The van der Waals surface area contributed by atoms with Gasteiger partial charge in [0.05, 0.1) is 6.33 Å². The Hall–Kier alpha value is -2.05. The fourth-order valence-electron chi connectivity index (χ4n) is 1.32. The number of nitrogens with one attached hydrogen (secondary N) is 2. The van der Waals surface area contributed by atoms with Gasteiger partial charge in [0.15, 0.2) is 5.69 Å².